The maximum atomic E-state index is 12.3. The number of aromatic nitrogens is 3. The molecule has 0 bridgehead atoms. The number of H-pyrrole nitrogens is 1. The third kappa shape index (κ3) is 4.71. The first-order valence-electron chi connectivity index (χ1n) is 10.2. The number of pyridine rings is 1. The minimum atomic E-state index is -0.111. The van der Waals surface area contributed by atoms with Crippen molar-refractivity contribution < 1.29 is 4.74 Å². The van der Waals surface area contributed by atoms with Crippen LogP contribution in [-0.4, -0.2) is 39.5 Å². The van der Waals surface area contributed by atoms with E-state index in [1.165, 1.54) is 5.56 Å². The molecule has 0 aliphatic carbocycles. The maximum Gasteiger partial charge on any atom is 0.251 e. The van der Waals surface area contributed by atoms with E-state index >= 15 is 0 Å². The third-order valence-electron chi connectivity index (χ3n) is 5.31. The Hall–Kier alpha value is -2.99. The summed E-state index contributed by atoms with van der Waals surface area (Å²) in [5, 5.41) is 0. The van der Waals surface area contributed by atoms with E-state index in [0.717, 1.165) is 49.5 Å². The molecule has 29 heavy (non-hydrogen) atoms. The number of hydrogen-bond donors (Lipinski definition) is 1. The first-order valence-corrected chi connectivity index (χ1v) is 10.2. The van der Waals surface area contributed by atoms with Crippen molar-refractivity contribution in [1.29, 1.82) is 0 Å². The Balaban J connectivity index is 1.53. The molecule has 1 unspecified atom stereocenters. The molecular weight excluding hydrogens is 364 g/mol. The molecule has 150 valence electrons. The average Bonchev–Trinajstić information content (AvgIpc) is 2.76. The van der Waals surface area contributed by atoms with Crippen molar-refractivity contribution in [3.05, 3.63) is 76.5 Å². The number of aromatic amines is 1. The normalized spacial score (nSPS) is 17.2. The van der Waals surface area contributed by atoms with Gasteiger partial charge in [0, 0.05) is 48.6 Å². The fourth-order valence-electron chi connectivity index (χ4n) is 3.94. The molecule has 3 aromatic rings. The molecule has 6 heteroatoms. The van der Waals surface area contributed by atoms with Crippen molar-refractivity contribution in [2.24, 2.45) is 0 Å². The van der Waals surface area contributed by atoms with Gasteiger partial charge in [-0.25, -0.2) is 4.98 Å². The molecule has 1 aromatic carbocycles. The summed E-state index contributed by atoms with van der Waals surface area (Å²) in [5.41, 5.74) is 2.83. The van der Waals surface area contributed by atoms with E-state index in [1.807, 2.05) is 31.2 Å². The van der Waals surface area contributed by atoms with Crippen LogP contribution in [0.3, 0.4) is 0 Å². The molecule has 3 heterocycles. The average molecular weight is 390 g/mol. The molecule has 1 saturated heterocycles. The molecule has 1 aliphatic heterocycles. The number of benzene rings is 1. The molecule has 1 atom stereocenters. The monoisotopic (exact) mass is 390 g/mol. The second-order valence-corrected chi connectivity index (χ2v) is 7.37. The van der Waals surface area contributed by atoms with E-state index in [0.29, 0.717) is 12.4 Å². The second-order valence-electron chi connectivity index (χ2n) is 7.37. The Morgan fingerprint density at radius 3 is 2.86 bits per heavy atom. The zero-order chi connectivity index (χ0) is 20.1. The quantitative estimate of drug-likeness (QED) is 0.696. The van der Waals surface area contributed by atoms with Crippen molar-refractivity contribution in [1.82, 2.24) is 19.9 Å². The first-order chi connectivity index (χ1) is 14.2. The standard InChI is InChI=1S/C23H26N4O2/c1-2-29-21-8-4-3-6-19(21)16-27-13-5-7-18(15-27)20-14-22(28)26-23(25-20)17-9-11-24-12-10-17/h3-4,6,8-12,14,18H,2,5,7,13,15-16H2,1H3,(H,25,26,28). The number of nitrogens with zero attached hydrogens (tertiary/aromatic N) is 3. The van der Waals surface area contributed by atoms with Crippen molar-refractivity contribution in [3.63, 3.8) is 0 Å². The summed E-state index contributed by atoms with van der Waals surface area (Å²) in [4.78, 5) is 26.4. The Labute approximate surface area is 170 Å². The first kappa shape index (κ1) is 19.3. The Bertz CT molecular complexity index is 1000. The van der Waals surface area contributed by atoms with Crippen LogP contribution in [0, 0.1) is 0 Å². The van der Waals surface area contributed by atoms with E-state index in [4.69, 9.17) is 9.72 Å². The molecular formula is C23H26N4O2. The number of para-hydroxylation sites is 1. The molecule has 2 aromatic heterocycles. The predicted molar refractivity (Wildman–Crippen MR) is 113 cm³/mol. The van der Waals surface area contributed by atoms with Crippen molar-refractivity contribution in [2.75, 3.05) is 19.7 Å². The topological polar surface area (TPSA) is 71.1 Å². The van der Waals surface area contributed by atoms with Gasteiger partial charge in [0.15, 0.2) is 0 Å². The van der Waals surface area contributed by atoms with Crippen LogP contribution in [-0.2, 0) is 6.54 Å². The van der Waals surface area contributed by atoms with Gasteiger partial charge in [-0.2, -0.15) is 0 Å². The molecule has 0 radical (unpaired) electrons. The Kier molecular flexibility index (Phi) is 6.00. The molecule has 1 aliphatic rings. The molecule has 0 saturated carbocycles. The minimum absolute atomic E-state index is 0.111. The fourth-order valence-corrected chi connectivity index (χ4v) is 3.94. The van der Waals surface area contributed by atoms with Gasteiger partial charge in [-0.1, -0.05) is 18.2 Å². The van der Waals surface area contributed by atoms with Gasteiger partial charge in [0.1, 0.15) is 11.6 Å². The van der Waals surface area contributed by atoms with Gasteiger partial charge in [0.05, 0.1) is 12.3 Å². The smallest absolute Gasteiger partial charge is 0.251 e. The van der Waals surface area contributed by atoms with Crippen molar-refractivity contribution in [2.45, 2.75) is 32.2 Å². The lowest BCUT2D eigenvalue weighted by Crippen LogP contribution is -2.34. The SMILES string of the molecule is CCOc1ccccc1CN1CCCC(c2cc(=O)[nH]c(-c3ccncc3)n2)C1. The summed E-state index contributed by atoms with van der Waals surface area (Å²) in [5.74, 6) is 1.80. The molecule has 0 amide bonds. The zero-order valence-electron chi connectivity index (χ0n) is 16.7. The maximum absolute atomic E-state index is 12.3. The molecule has 1 N–H and O–H groups in total. The van der Waals surface area contributed by atoms with Crippen molar-refractivity contribution >= 4 is 0 Å². The van der Waals surface area contributed by atoms with Gasteiger partial charge in [0.25, 0.3) is 5.56 Å². The second kappa shape index (κ2) is 9.01. The highest BCUT2D eigenvalue weighted by molar-refractivity contribution is 5.53. The largest absolute Gasteiger partial charge is 0.494 e. The highest BCUT2D eigenvalue weighted by Crippen LogP contribution is 2.28. The van der Waals surface area contributed by atoms with Crippen LogP contribution in [0.4, 0.5) is 0 Å². The highest BCUT2D eigenvalue weighted by Gasteiger charge is 2.24. The van der Waals surface area contributed by atoms with Crippen LogP contribution >= 0.6 is 0 Å². The Morgan fingerprint density at radius 2 is 2.03 bits per heavy atom. The molecule has 4 rings (SSSR count). The number of hydrogen-bond acceptors (Lipinski definition) is 5. The zero-order valence-corrected chi connectivity index (χ0v) is 16.7. The number of nitrogens with one attached hydrogen (secondary N) is 1. The van der Waals surface area contributed by atoms with Crippen LogP contribution in [0.5, 0.6) is 5.75 Å². The summed E-state index contributed by atoms with van der Waals surface area (Å²) >= 11 is 0. The van der Waals surface area contributed by atoms with E-state index in [1.54, 1.807) is 18.5 Å². The number of likely N-dealkylation sites (tertiary alicyclic amines) is 1. The van der Waals surface area contributed by atoms with Gasteiger partial charge >= 0.3 is 0 Å². The van der Waals surface area contributed by atoms with Gasteiger partial charge in [-0.15, -0.1) is 0 Å². The van der Waals surface area contributed by atoms with E-state index < -0.39 is 0 Å². The summed E-state index contributed by atoms with van der Waals surface area (Å²) in [6, 6.07) is 13.6. The van der Waals surface area contributed by atoms with Gasteiger partial charge in [0.2, 0.25) is 0 Å². The van der Waals surface area contributed by atoms with E-state index in [2.05, 4.69) is 27.0 Å². The predicted octanol–water partition coefficient (Wildman–Crippen LogP) is 3.61. The van der Waals surface area contributed by atoms with Gasteiger partial charge in [-0.05, 0) is 44.5 Å². The number of rotatable bonds is 6. The fraction of sp³-hybridized carbons (Fsp3) is 0.348. The van der Waals surface area contributed by atoms with Crippen molar-refractivity contribution in [3.8, 4) is 17.1 Å². The van der Waals surface area contributed by atoms with E-state index in [-0.39, 0.29) is 11.5 Å². The van der Waals surface area contributed by atoms with Gasteiger partial charge < -0.3 is 9.72 Å². The molecule has 6 nitrogen and oxygen atoms in total. The number of ether oxygens (including phenoxy) is 1. The summed E-state index contributed by atoms with van der Waals surface area (Å²) in [7, 11) is 0. The van der Waals surface area contributed by atoms with Crippen LogP contribution in [0.1, 0.15) is 36.9 Å². The number of piperidine rings is 1. The van der Waals surface area contributed by atoms with E-state index in [9.17, 15) is 4.79 Å². The lowest BCUT2D eigenvalue weighted by Gasteiger charge is -2.32. The van der Waals surface area contributed by atoms with Crippen LogP contribution < -0.4 is 10.3 Å². The summed E-state index contributed by atoms with van der Waals surface area (Å²) in [6.45, 7) is 5.43. The lowest BCUT2D eigenvalue weighted by atomic mass is 9.94. The lowest BCUT2D eigenvalue weighted by molar-refractivity contribution is 0.195. The van der Waals surface area contributed by atoms with Crippen LogP contribution in [0.25, 0.3) is 11.4 Å². The van der Waals surface area contributed by atoms with Gasteiger partial charge in [-0.3, -0.25) is 14.7 Å². The van der Waals surface area contributed by atoms with Crippen LogP contribution in [0.15, 0.2) is 59.7 Å². The molecule has 1 fully saturated rings. The Morgan fingerprint density at radius 1 is 1.21 bits per heavy atom. The van der Waals surface area contributed by atoms with Crippen LogP contribution in [0.2, 0.25) is 0 Å². The summed E-state index contributed by atoms with van der Waals surface area (Å²) in [6.07, 6.45) is 5.54. The minimum Gasteiger partial charge on any atom is -0.494 e. The summed E-state index contributed by atoms with van der Waals surface area (Å²) < 4.78 is 5.78. The molecule has 0 spiro atoms. The third-order valence-corrected chi connectivity index (χ3v) is 5.31. The highest BCUT2D eigenvalue weighted by atomic mass is 16.5.